The van der Waals surface area contributed by atoms with E-state index in [9.17, 15) is 22.4 Å². The van der Waals surface area contributed by atoms with Crippen molar-refractivity contribution >= 4 is 43.5 Å². The number of sulfonamides is 1. The summed E-state index contributed by atoms with van der Waals surface area (Å²) in [6.07, 6.45) is 0.994. The number of benzene rings is 2. The number of halogens is 2. The van der Waals surface area contributed by atoms with Gasteiger partial charge >= 0.3 is 0 Å². The lowest BCUT2D eigenvalue weighted by molar-refractivity contribution is -0.139. The molecule has 31 heavy (non-hydrogen) atoms. The fourth-order valence-electron chi connectivity index (χ4n) is 2.96. The van der Waals surface area contributed by atoms with Gasteiger partial charge in [0.05, 0.1) is 11.9 Å². The highest BCUT2D eigenvalue weighted by molar-refractivity contribution is 9.10. The van der Waals surface area contributed by atoms with Crippen LogP contribution in [0.5, 0.6) is 0 Å². The van der Waals surface area contributed by atoms with E-state index >= 15 is 0 Å². The van der Waals surface area contributed by atoms with Crippen molar-refractivity contribution in [3.63, 3.8) is 0 Å². The van der Waals surface area contributed by atoms with Gasteiger partial charge in [-0.2, -0.15) is 0 Å². The van der Waals surface area contributed by atoms with Crippen molar-refractivity contribution in [2.24, 2.45) is 0 Å². The van der Waals surface area contributed by atoms with Gasteiger partial charge in [-0.1, -0.05) is 30.3 Å². The van der Waals surface area contributed by atoms with Gasteiger partial charge in [0.2, 0.25) is 21.8 Å². The van der Waals surface area contributed by atoms with Gasteiger partial charge in [0.25, 0.3) is 0 Å². The van der Waals surface area contributed by atoms with Crippen molar-refractivity contribution in [1.82, 2.24) is 10.2 Å². The largest absolute Gasteiger partial charge is 0.355 e. The number of nitrogens with one attached hydrogen (secondary N) is 1. The molecule has 7 nitrogen and oxygen atoms in total. The predicted octanol–water partition coefficient (Wildman–Crippen LogP) is 2.91. The van der Waals surface area contributed by atoms with E-state index in [4.69, 9.17) is 0 Å². The zero-order chi connectivity index (χ0) is 23.2. The molecule has 0 aromatic heterocycles. The number of carbonyl (C=O) groups is 2. The Bertz CT molecular complexity index is 1050. The lowest BCUT2D eigenvalue weighted by atomic mass is 10.1. The van der Waals surface area contributed by atoms with Crippen LogP contribution >= 0.6 is 15.9 Å². The van der Waals surface area contributed by atoms with Crippen LogP contribution < -0.4 is 9.62 Å². The first-order valence-corrected chi connectivity index (χ1v) is 12.2. The summed E-state index contributed by atoms with van der Waals surface area (Å²) >= 11 is 3.31. The maximum Gasteiger partial charge on any atom is 0.244 e. The second-order valence-electron chi connectivity index (χ2n) is 6.90. The molecule has 168 valence electrons. The molecule has 2 aromatic rings. The van der Waals surface area contributed by atoms with Crippen LogP contribution in [0.4, 0.5) is 10.1 Å². The van der Waals surface area contributed by atoms with Gasteiger partial charge in [-0.15, -0.1) is 0 Å². The molecule has 0 radical (unpaired) electrons. The quantitative estimate of drug-likeness (QED) is 0.558. The molecule has 10 heteroatoms. The molecule has 0 fully saturated rings. The van der Waals surface area contributed by atoms with Crippen molar-refractivity contribution in [2.75, 3.05) is 23.7 Å². The normalized spacial score (nSPS) is 12.2. The number of amides is 2. The zero-order valence-electron chi connectivity index (χ0n) is 17.5. The third-order valence-corrected chi connectivity index (χ3v) is 6.41. The lowest BCUT2D eigenvalue weighted by Crippen LogP contribution is -2.51. The Hall–Kier alpha value is -2.46. The molecule has 0 aliphatic carbocycles. The Labute approximate surface area is 190 Å². The number of nitrogens with zero attached hydrogens (tertiary/aromatic N) is 2. The molecule has 1 N–H and O–H groups in total. The molecule has 0 spiro atoms. The highest BCUT2D eigenvalue weighted by atomic mass is 79.9. The van der Waals surface area contributed by atoms with Crippen LogP contribution in [0, 0.1) is 5.82 Å². The molecule has 0 aliphatic rings. The number of hydrogen-bond donors (Lipinski definition) is 1. The van der Waals surface area contributed by atoms with Crippen LogP contribution in [0.1, 0.15) is 19.4 Å². The molecule has 0 unspecified atom stereocenters. The second-order valence-corrected chi connectivity index (χ2v) is 9.67. The molecule has 0 heterocycles. The van der Waals surface area contributed by atoms with Gasteiger partial charge in [-0.25, -0.2) is 12.8 Å². The number of para-hydroxylation sites is 1. The average molecular weight is 514 g/mol. The van der Waals surface area contributed by atoms with Crippen LogP contribution in [0.3, 0.4) is 0 Å². The first-order valence-electron chi connectivity index (χ1n) is 9.59. The van der Waals surface area contributed by atoms with Crippen molar-refractivity contribution in [3.05, 3.63) is 64.4 Å². The Morgan fingerprint density at radius 1 is 1.13 bits per heavy atom. The van der Waals surface area contributed by atoms with Crippen LogP contribution in [0.15, 0.2) is 53.0 Å². The third kappa shape index (κ3) is 6.51. The minimum atomic E-state index is -3.83. The van der Waals surface area contributed by atoms with Crippen molar-refractivity contribution in [2.45, 2.75) is 26.4 Å². The standard InChI is InChI=1S/C21H25BrFN3O4S/c1-4-24-21(28)15(2)25(13-16-9-5-7-11-18(16)23)20(27)14-26(31(3,29)30)19-12-8-6-10-17(19)22/h5-12,15H,4,13-14H2,1-3H3,(H,24,28)/t15-/m0/s1. The SMILES string of the molecule is CCNC(=O)[C@H](C)N(Cc1ccccc1F)C(=O)CN(c1ccccc1Br)S(C)(=O)=O. The van der Waals surface area contributed by atoms with Gasteiger partial charge in [-0.3, -0.25) is 13.9 Å². The fraction of sp³-hybridized carbons (Fsp3) is 0.333. The van der Waals surface area contributed by atoms with E-state index in [1.54, 1.807) is 37.3 Å². The average Bonchev–Trinajstić information content (AvgIpc) is 2.71. The predicted molar refractivity (Wildman–Crippen MR) is 121 cm³/mol. The topological polar surface area (TPSA) is 86.8 Å². The second kappa shape index (κ2) is 10.7. The summed E-state index contributed by atoms with van der Waals surface area (Å²) in [5.41, 5.74) is 0.508. The van der Waals surface area contributed by atoms with E-state index in [1.807, 2.05) is 0 Å². The summed E-state index contributed by atoms with van der Waals surface area (Å²) in [6, 6.07) is 11.6. The van der Waals surface area contributed by atoms with Gasteiger partial charge in [0, 0.05) is 23.1 Å². The molecular weight excluding hydrogens is 489 g/mol. The van der Waals surface area contributed by atoms with E-state index < -0.39 is 40.2 Å². The van der Waals surface area contributed by atoms with E-state index in [0.29, 0.717) is 11.0 Å². The van der Waals surface area contributed by atoms with Crippen molar-refractivity contribution in [3.8, 4) is 0 Å². The Balaban J connectivity index is 2.41. The van der Waals surface area contributed by atoms with Crippen LogP contribution in [-0.4, -0.2) is 50.5 Å². The van der Waals surface area contributed by atoms with E-state index in [0.717, 1.165) is 10.6 Å². The van der Waals surface area contributed by atoms with Crippen LogP contribution in [0.25, 0.3) is 0 Å². The summed E-state index contributed by atoms with van der Waals surface area (Å²) in [5, 5.41) is 2.64. The lowest BCUT2D eigenvalue weighted by Gasteiger charge is -2.31. The maximum absolute atomic E-state index is 14.2. The summed E-state index contributed by atoms with van der Waals surface area (Å²) in [6.45, 7) is 2.90. The zero-order valence-corrected chi connectivity index (χ0v) is 19.9. The Kier molecular flexibility index (Phi) is 8.58. The molecule has 2 rings (SSSR count). The van der Waals surface area contributed by atoms with Crippen LogP contribution in [0.2, 0.25) is 0 Å². The third-order valence-electron chi connectivity index (χ3n) is 4.62. The van der Waals surface area contributed by atoms with Crippen molar-refractivity contribution in [1.29, 1.82) is 0 Å². The Morgan fingerprint density at radius 2 is 1.74 bits per heavy atom. The molecule has 0 aliphatic heterocycles. The first kappa shape index (κ1) is 24.8. The molecule has 2 aromatic carbocycles. The molecule has 0 saturated heterocycles. The summed E-state index contributed by atoms with van der Waals surface area (Å²) in [7, 11) is -3.83. The smallest absolute Gasteiger partial charge is 0.244 e. The summed E-state index contributed by atoms with van der Waals surface area (Å²) in [5.74, 6) is -1.57. The highest BCUT2D eigenvalue weighted by Crippen LogP contribution is 2.28. The molecule has 2 amide bonds. The van der Waals surface area contributed by atoms with E-state index in [2.05, 4.69) is 21.2 Å². The molecule has 0 bridgehead atoms. The Morgan fingerprint density at radius 3 is 2.32 bits per heavy atom. The highest BCUT2D eigenvalue weighted by Gasteiger charge is 2.30. The van der Waals surface area contributed by atoms with Gasteiger partial charge < -0.3 is 10.2 Å². The van der Waals surface area contributed by atoms with E-state index in [1.165, 1.54) is 30.0 Å². The number of carbonyl (C=O) groups excluding carboxylic acids is 2. The molecular formula is C21H25BrFN3O4S. The summed E-state index contributed by atoms with van der Waals surface area (Å²) < 4.78 is 40.6. The minimum Gasteiger partial charge on any atom is -0.355 e. The van der Waals surface area contributed by atoms with Crippen LogP contribution in [-0.2, 0) is 26.2 Å². The van der Waals surface area contributed by atoms with E-state index in [-0.39, 0.29) is 17.8 Å². The number of hydrogen-bond acceptors (Lipinski definition) is 4. The van der Waals surface area contributed by atoms with Gasteiger partial charge in [-0.05, 0) is 48.0 Å². The number of anilines is 1. The fourth-order valence-corrected chi connectivity index (χ4v) is 4.44. The monoisotopic (exact) mass is 513 g/mol. The minimum absolute atomic E-state index is 0.183. The molecule has 1 atom stereocenters. The summed E-state index contributed by atoms with van der Waals surface area (Å²) in [4.78, 5) is 26.9. The van der Waals surface area contributed by atoms with Gasteiger partial charge in [0.1, 0.15) is 18.4 Å². The first-order chi connectivity index (χ1) is 14.6. The number of likely N-dealkylation sites (N-methyl/N-ethyl adjacent to an activating group) is 1. The van der Waals surface area contributed by atoms with Gasteiger partial charge in [0.15, 0.2) is 0 Å². The molecule has 0 saturated carbocycles. The number of rotatable bonds is 9. The van der Waals surface area contributed by atoms with Crippen molar-refractivity contribution < 1.29 is 22.4 Å². The maximum atomic E-state index is 14.2.